The first-order valence-corrected chi connectivity index (χ1v) is 16.3. The number of para-hydroxylation sites is 2. The quantitative estimate of drug-likeness (QED) is 0.340. The van der Waals surface area contributed by atoms with Gasteiger partial charge in [0.1, 0.15) is 6.04 Å². The van der Waals surface area contributed by atoms with E-state index in [1.54, 1.807) is 60.7 Å². The number of carbonyl (C=O) groups excluding carboxylic acids is 1. The van der Waals surface area contributed by atoms with Crippen molar-refractivity contribution in [1.29, 1.82) is 0 Å². The average Bonchev–Trinajstić information content (AvgIpc) is 2.94. The van der Waals surface area contributed by atoms with Crippen LogP contribution in [0, 0.1) is 19.8 Å². The lowest BCUT2D eigenvalue weighted by atomic mass is 10.0. The zero-order chi connectivity index (χ0) is 29.9. The fourth-order valence-corrected chi connectivity index (χ4v) is 8.08. The number of carbonyl (C=O) groups is 1. The molecular formula is C30H37N3O6S2. The number of sulfonamides is 2. The maximum Gasteiger partial charge on any atom is 0.324 e. The molecule has 4 rings (SSSR count). The number of nitrogens with one attached hydrogen (secondary N) is 1. The summed E-state index contributed by atoms with van der Waals surface area (Å²) in [6.45, 7) is 7.32. The van der Waals surface area contributed by atoms with Gasteiger partial charge in [0, 0.05) is 6.54 Å². The highest BCUT2D eigenvalue weighted by molar-refractivity contribution is 7.92. The van der Waals surface area contributed by atoms with Crippen LogP contribution in [0.1, 0.15) is 31.4 Å². The molecule has 1 heterocycles. The first-order valence-electron chi connectivity index (χ1n) is 13.5. The van der Waals surface area contributed by atoms with E-state index in [4.69, 9.17) is 4.74 Å². The number of hydrogen-bond donors (Lipinski definition) is 1. The van der Waals surface area contributed by atoms with Gasteiger partial charge in [-0.1, -0.05) is 61.4 Å². The second kappa shape index (κ2) is 12.2. The van der Waals surface area contributed by atoms with Crippen LogP contribution in [-0.2, 0) is 29.6 Å². The third-order valence-electron chi connectivity index (χ3n) is 7.07. The molecule has 3 aromatic rings. The van der Waals surface area contributed by atoms with Crippen molar-refractivity contribution in [3.63, 3.8) is 0 Å². The molecule has 0 spiro atoms. The molecule has 0 radical (unpaired) electrons. The van der Waals surface area contributed by atoms with E-state index in [1.165, 1.54) is 23.5 Å². The Morgan fingerprint density at radius 1 is 0.927 bits per heavy atom. The SMILES string of the molecule is COC(=O)[C@H](CC(C)C)N(C[C@@H]1CN(S(=O)(=O)c2ccc(C)cc2)c2ccccc2N1)S(=O)(=O)c1ccc(C)cc1. The summed E-state index contributed by atoms with van der Waals surface area (Å²) in [5.41, 5.74) is 2.83. The van der Waals surface area contributed by atoms with E-state index in [-0.39, 0.29) is 35.2 Å². The molecule has 0 aliphatic carbocycles. The van der Waals surface area contributed by atoms with Crippen molar-refractivity contribution in [3.8, 4) is 0 Å². The van der Waals surface area contributed by atoms with Gasteiger partial charge in [-0.05, 0) is 62.6 Å². The molecule has 220 valence electrons. The van der Waals surface area contributed by atoms with E-state index in [0.29, 0.717) is 11.4 Å². The van der Waals surface area contributed by atoms with Gasteiger partial charge in [0.15, 0.2) is 0 Å². The molecule has 1 aliphatic rings. The number of hydrogen-bond acceptors (Lipinski definition) is 7. The Hall–Kier alpha value is -3.41. The summed E-state index contributed by atoms with van der Waals surface area (Å²) in [5.74, 6) is -0.692. The Morgan fingerprint density at radius 2 is 1.49 bits per heavy atom. The average molecular weight is 600 g/mol. The van der Waals surface area contributed by atoms with E-state index in [0.717, 1.165) is 15.4 Å². The highest BCUT2D eigenvalue weighted by Gasteiger charge is 2.41. The number of ether oxygens (including phenoxy) is 1. The Balaban J connectivity index is 1.78. The van der Waals surface area contributed by atoms with Crippen molar-refractivity contribution >= 4 is 37.4 Å². The normalized spacial score (nSPS) is 16.3. The molecule has 41 heavy (non-hydrogen) atoms. The fraction of sp³-hybridized carbons (Fsp3) is 0.367. The van der Waals surface area contributed by atoms with Crippen molar-refractivity contribution in [2.45, 2.75) is 56.0 Å². The minimum absolute atomic E-state index is 0.0201. The maximum atomic E-state index is 14.1. The first-order chi connectivity index (χ1) is 19.3. The van der Waals surface area contributed by atoms with E-state index in [1.807, 2.05) is 27.7 Å². The Morgan fingerprint density at radius 3 is 2.05 bits per heavy atom. The maximum absolute atomic E-state index is 14.1. The third kappa shape index (κ3) is 6.58. The Kier molecular flexibility index (Phi) is 9.10. The summed E-state index contributed by atoms with van der Waals surface area (Å²) >= 11 is 0. The van der Waals surface area contributed by atoms with Crippen LogP contribution >= 0.6 is 0 Å². The molecule has 0 saturated carbocycles. The minimum atomic E-state index is -4.18. The van der Waals surface area contributed by atoms with Gasteiger partial charge >= 0.3 is 5.97 Å². The van der Waals surface area contributed by atoms with Gasteiger partial charge in [-0.15, -0.1) is 0 Å². The zero-order valence-electron chi connectivity index (χ0n) is 23.9. The van der Waals surface area contributed by atoms with Crippen LogP contribution in [-0.4, -0.2) is 59.4 Å². The number of fused-ring (bicyclic) bond motifs is 1. The van der Waals surface area contributed by atoms with Gasteiger partial charge in [-0.25, -0.2) is 16.8 Å². The summed E-state index contributed by atoms with van der Waals surface area (Å²) in [6, 6.07) is 18.2. The second-order valence-corrected chi connectivity index (χ2v) is 14.5. The molecular weight excluding hydrogens is 562 g/mol. The van der Waals surface area contributed by atoms with Crippen LogP contribution in [0.25, 0.3) is 0 Å². The third-order valence-corrected chi connectivity index (χ3v) is 10.8. The van der Waals surface area contributed by atoms with Crippen molar-refractivity contribution in [2.24, 2.45) is 5.92 Å². The van der Waals surface area contributed by atoms with Gasteiger partial charge in [-0.2, -0.15) is 4.31 Å². The van der Waals surface area contributed by atoms with E-state index < -0.39 is 38.1 Å². The fourth-order valence-electron chi connectivity index (χ4n) is 4.92. The van der Waals surface area contributed by atoms with Crippen molar-refractivity contribution < 1.29 is 26.4 Å². The van der Waals surface area contributed by atoms with Crippen LogP contribution in [0.5, 0.6) is 0 Å². The summed E-state index contributed by atoms with van der Waals surface area (Å²) in [5, 5.41) is 3.32. The summed E-state index contributed by atoms with van der Waals surface area (Å²) in [4.78, 5) is 13.2. The largest absolute Gasteiger partial charge is 0.468 e. The molecule has 1 aliphatic heterocycles. The summed E-state index contributed by atoms with van der Waals surface area (Å²) in [6.07, 6.45) is 0.229. The molecule has 0 aromatic heterocycles. The van der Waals surface area contributed by atoms with Gasteiger partial charge in [-0.3, -0.25) is 9.10 Å². The van der Waals surface area contributed by atoms with E-state index in [2.05, 4.69) is 5.32 Å². The van der Waals surface area contributed by atoms with E-state index >= 15 is 0 Å². The first kappa shape index (κ1) is 30.5. The van der Waals surface area contributed by atoms with Crippen molar-refractivity contribution in [1.82, 2.24) is 4.31 Å². The second-order valence-electron chi connectivity index (χ2n) is 10.8. The molecule has 0 unspecified atom stereocenters. The van der Waals surface area contributed by atoms with Gasteiger partial charge in [0.25, 0.3) is 10.0 Å². The standard InChI is InChI=1S/C30H37N3O6S2/c1-21(2)18-29(30(34)39-5)33(41(37,38)26-16-12-23(4)13-17-26)20-24-19-32(28-9-7-6-8-27(28)31-24)40(35,36)25-14-10-22(3)11-15-25/h6-17,21,24,29,31H,18-20H2,1-5H3/t24-,29-/m0/s1. The Labute approximate surface area is 243 Å². The van der Waals surface area contributed by atoms with Crippen LogP contribution < -0.4 is 9.62 Å². The van der Waals surface area contributed by atoms with Crippen LogP contribution in [0.2, 0.25) is 0 Å². The lowest BCUT2D eigenvalue weighted by Gasteiger charge is -2.39. The summed E-state index contributed by atoms with van der Waals surface area (Å²) < 4.78 is 63.5. The lowest BCUT2D eigenvalue weighted by Crippen LogP contribution is -2.54. The molecule has 3 aromatic carbocycles. The number of esters is 1. The number of anilines is 2. The monoisotopic (exact) mass is 599 g/mol. The lowest BCUT2D eigenvalue weighted by molar-refractivity contribution is -0.145. The smallest absolute Gasteiger partial charge is 0.324 e. The molecule has 0 amide bonds. The van der Waals surface area contributed by atoms with Gasteiger partial charge in [0.05, 0.1) is 40.9 Å². The van der Waals surface area contributed by atoms with Crippen molar-refractivity contribution in [2.75, 3.05) is 29.8 Å². The molecule has 9 nitrogen and oxygen atoms in total. The van der Waals surface area contributed by atoms with Crippen LogP contribution in [0.4, 0.5) is 11.4 Å². The van der Waals surface area contributed by atoms with Crippen LogP contribution in [0.3, 0.4) is 0 Å². The number of nitrogens with zero attached hydrogens (tertiary/aromatic N) is 2. The van der Waals surface area contributed by atoms with Gasteiger partial charge in [0.2, 0.25) is 10.0 Å². The predicted octanol–water partition coefficient (Wildman–Crippen LogP) is 4.57. The predicted molar refractivity (Wildman–Crippen MR) is 160 cm³/mol. The molecule has 0 bridgehead atoms. The molecule has 11 heteroatoms. The van der Waals surface area contributed by atoms with Crippen LogP contribution in [0.15, 0.2) is 82.6 Å². The highest BCUT2D eigenvalue weighted by Crippen LogP contribution is 2.36. The molecule has 0 saturated heterocycles. The topological polar surface area (TPSA) is 113 Å². The van der Waals surface area contributed by atoms with Gasteiger partial charge < -0.3 is 10.1 Å². The Bertz CT molecular complexity index is 1590. The summed E-state index contributed by atoms with van der Waals surface area (Å²) in [7, 11) is -6.93. The van der Waals surface area contributed by atoms with Crippen molar-refractivity contribution in [3.05, 3.63) is 83.9 Å². The van der Waals surface area contributed by atoms with E-state index in [9.17, 15) is 21.6 Å². The molecule has 0 fully saturated rings. The number of aryl methyl sites for hydroxylation is 2. The molecule has 2 atom stereocenters. The minimum Gasteiger partial charge on any atom is -0.468 e. The highest BCUT2D eigenvalue weighted by atomic mass is 32.2. The number of benzene rings is 3. The number of methoxy groups -OCH3 is 1. The zero-order valence-corrected chi connectivity index (χ0v) is 25.6. The number of rotatable bonds is 10. The molecule has 1 N–H and O–H groups in total.